The van der Waals surface area contributed by atoms with Crippen LogP contribution in [0, 0.1) is 11.8 Å². The molecule has 21 heavy (non-hydrogen) atoms. The van der Waals surface area contributed by atoms with Gasteiger partial charge < -0.3 is 10.0 Å². The van der Waals surface area contributed by atoms with Gasteiger partial charge in [0.05, 0.1) is 6.10 Å². The Bertz CT molecular complexity index is 434. The van der Waals surface area contributed by atoms with E-state index in [9.17, 15) is 9.90 Å². The highest BCUT2D eigenvalue weighted by Crippen LogP contribution is 2.29. The van der Waals surface area contributed by atoms with Gasteiger partial charge >= 0.3 is 0 Å². The minimum atomic E-state index is -0.619. The fourth-order valence-corrected chi connectivity index (χ4v) is 2.79. The maximum absolute atomic E-state index is 12.7. The van der Waals surface area contributed by atoms with Crippen LogP contribution < -0.4 is 0 Å². The van der Waals surface area contributed by atoms with Crippen molar-refractivity contribution in [2.24, 2.45) is 11.8 Å². The molecule has 0 spiro atoms. The third-order valence-electron chi connectivity index (χ3n) is 4.18. The molecule has 0 fully saturated rings. The Hall–Kier alpha value is -1.35. The molecule has 1 aromatic rings. The van der Waals surface area contributed by atoms with Gasteiger partial charge in [-0.05, 0) is 39.2 Å². The van der Waals surface area contributed by atoms with E-state index >= 15 is 0 Å². The van der Waals surface area contributed by atoms with E-state index in [-0.39, 0.29) is 29.8 Å². The Kier molecular flexibility index (Phi) is 6.41. The number of aliphatic hydroxyl groups excluding tert-OH is 1. The highest BCUT2D eigenvalue weighted by molar-refractivity contribution is 5.79. The zero-order valence-corrected chi connectivity index (χ0v) is 14.1. The first kappa shape index (κ1) is 17.7. The molecule has 0 unspecified atom stereocenters. The van der Waals surface area contributed by atoms with Crippen molar-refractivity contribution in [3.05, 3.63) is 35.9 Å². The Morgan fingerprint density at radius 2 is 1.43 bits per heavy atom. The molecule has 3 heteroatoms. The molecule has 0 aromatic heterocycles. The van der Waals surface area contributed by atoms with Crippen molar-refractivity contribution < 1.29 is 9.90 Å². The second-order valence-corrected chi connectivity index (χ2v) is 6.44. The van der Waals surface area contributed by atoms with Crippen LogP contribution in [0.1, 0.15) is 53.2 Å². The van der Waals surface area contributed by atoms with Gasteiger partial charge in [-0.15, -0.1) is 0 Å². The first-order valence-electron chi connectivity index (χ1n) is 7.82. The minimum absolute atomic E-state index is 0.113. The van der Waals surface area contributed by atoms with Crippen molar-refractivity contribution >= 4 is 5.91 Å². The first-order valence-corrected chi connectivity index (χ1v) is 7.82. The van der Waals surface area contributed by atoms with Gasteiger partial charge in [-0.25, -0.2) is 0 Å². The van der Waals surface area contributed by atoms with Crippen molar-refractivity contribution in [1.82, 2.24) is 4.90 Å². The summed E-state index contributed by atoms with van der Waals surface area (Å²) in [5.41, 5.74) is 0.866. The maximum Gasteiger partial charge on any atom is 0.226 e. The molecular formula is C18H29NO2. The van der Waals surface area contributed by atoms with Crippen LogP contribution in [0.2, 0.25) is 0 Å². The lowest BCUT2D eigenvalue weighted by Crippen LogP contribution is -2.46. The van der Waals surface area contributed by atoms with Gasteiger partial charge in [0.15, 0.2) is 0 Å². The predicted molar refractivity (Wildman–Crippen MR) is 86.8 cm³/mol. The van der Waals surface area contributed by atoms with E-state index in [1.807, 2.05) is 76.8 Å². The summed E-state index contributed by atoms with van der Waals surface area (Å²) in [6, 6.07) is 9.89. The molecular weight excluding hydrogens is 262 g/mol. The van der Waals surface area contributed by atoms with Gasteiger partial charge in [0.2, 0.25) is 5.91 Å². The fraction of sp³-hybridized carbons (Fsp3) is 0.611. The Labute approximate surface area is 129 Å². The highest BCUT2D eigenvalue weighted by Gasteiger charge is 2.32. The molecule has 0 saturated carbocycles. The molecule has 1 rings (SSSR count). The van der Waals surface area contributed by atoms with Crippen LogP contribution in [0.25, 0.3) is 0 Å². The molecule has 0 saturated heterocycles. The largest absolute Gasteiger partial charge is 0.388 e. The van der Waals surface area contributed by atoms with Crippen molar-refractivity contribution in [3.63, 3.8) is 0 Å². The van der Waals surface area contributed by atoms with Crippen LogP contribution in [0.15, 0.2) is 30.3 Å². The molecule has 118 valence electrons. The lowest BCUT2D eigenvalue weighted by Gasteiger charge is -2.35. The highest BCUT2D eigenvalue weighted by atomic mass is 16.3. The molecule has 3 nitrogen and oxygen atoms in total. The molecule has 1 N–H and O–H groups in total. The van der Waals surface area contributed by atoms with Crippen LogP contribution in [-0.2, 0) is 4.79 Å². The maximum atomic E-state index is 12.7. The predicted octanol–water partition coefficient (Wildman–Crippen LogP) is 3.64. The van der Waals surface area contributed by atoms with Crippen molar-refractivity contribution in [1.29, 1.82) is 0 Å². The number of carbonyl (C=O) groups excluding carboxylic acids is 1. The summed E-state index contributed by atoms with van der Waals surface area (Å²) in [6.07, 6.45) is -0.619. The summed E-state index contributed by atoms with van der Waals surface area (Å²) in [6.45, 7) is 12.0. The minimum Gasteiger partial charge on any atom is -0.388 e. The van der Waals surface area contributed by atoms with E-state index in [1.54, 1.807) is 0 Å². The van der Waals surface area contributed by atoms with Crippen molar-refractivity contribution in [2.45, 2.75) is 59.7 Å². The molecule has 0 aliphatic heterocycles. The van der Waals surface area contributed by atoms with Gasteiger partial charge in [-0.2, -0.15) is 0 Å². The van der Waals surface area contributed by atoms with Gasteiger partial charge in [-0.3, -0.25) is 4.79 Å². The second kappa shape index (κ2) is 7.60. The molecule has 0 bridgehead atoms. The van der Waals surface area contributed by atoms with E-state index in [1.165, 1.54) is 0 Å². The lowest BCUT2D eigenvalue weighted by molar-refractivity contribution is -0.141. The molecule has 0 heterocycles. The second-order valence-electron chi connectivity index (χ2n) is 6.44. The van der Waals surface area contributed by atoms with E-state index in [0.717, 1.165) is 5.56 Å². The lowest BCUT2D eigenvalue weighted by atomic mass is 9.85. The van der Waals surface area contributed by atoms with Gasteiger partial charge in [0.1, 0.15) is 0 Å². The topological polar surface area (TPSA) is 40.5 Å². The van der Waals surface area contributed by atoms with Gasteiger partial charge in [0.25, 0.3) is 0 Å². The SMILES string of the molecule is CC(C)N(C(=O)[C@@H](C)[C@H](C)[C@@H](O)c1ccccc1)C(C)C. The van der Waals surface area contributed by atoms with Crippen LogP contribution in [-0.4, -0.2) is 28.0 Å². The number of benzene rings is 1. The van der Waals surface area contributed by atoms with Crippen molar-refractivity contribution in [2.75, 3.05) is 0 Å². The van der Waals surface area contributed by atoms with E-state index in [0.29, 0.717) is 0 Å². The zero-order chi connectivity index (χ0) is 16.2. The summed E-state index contributed by atoms with van der Waals surface area (Å²) in [5.74, 6) is -0.229. The third kappa shape index (κ3) is 4.31. The summed E-state index contributed by atoms with van der Waals surface area (Å²) in [5, 5.41) is 10.5. The Balaban J connectivity index is 2.86. The number of hydrogen-bond acceptors (Lipinski definition) is 2. The summed E-state index contributed by atoms with van der Waals surface area (Å²) < 4.78 is 0. The zero-order valence-electron chi connectivity index (χ0n) is 14.1. The summed E-state index contributed by atoms with van der Waals surface area (Å²) in [7, 11) is 0. The number of aliphatic hydroxyl groups is 1. The van der Waals surface area contributed by atoms with Gasteiger partial charge in [0, 0.05) is 18.0 Å². The number of hydrogen-bond donors (Lipinski definition) is 1. The smallest absolute Gasteiger partial charge is 0.226 e. The monoisotopic (exact) mass is 291 g/mol. The van der Waals surface area contributed by atoms with E-state index < -0.39 is 6.10 Å². The Morgan fingerprint density at radius 3 is 1.86 bits per heavy atom. The molecule has 0 aliphatic rings. The number of amides is 1. The molecule has 0 aliphatic carbocycles. The molecule has 1 amide bonds. The molecule has 3 atom stereocenters. The molecule has 1 aromatic carbocycles. The molecule has 0 radical (unpaired) electrons. The average molecular weight is 291 g/mol. The summed E-state index contributed by atoms with van der Waals surface area (Å²) in [4.78, 5) is 14.6. The summed E-state index contributed by atoms with van der Waals surface area (Å²) >= 11 is 0. The Morgan fingerprint density at radius 1 is 0.952 bits per heavy atom. The van der Waals surface area contributed by atoms with Crippen LogP contribution in [0.4, 0.5) is 0 Å². The van der Waals surface area contributed by atoms with E-state index in [2.05, 4.69) is 0 Å². The number of nitrogens with zero attached hydrogens (tertiary/aromatic N) is 1. The standard InChI is InChI=1S/C18H29NO2/c1-12(2)19(13(3)4)18(21)15(6)14(5)17(20)16-10-8-7-9-11-16/h7-15,17,20H,1-6H3/t14-,15-,17+/m0/s1. The van der Waals surface area contributed by atoms with Gasteiger partial charge in [-0.1, -0.05) is 44.2 Å². The third-order valence-corrected chi connectivity index (χ3v) is 4.18. The van der Waals surface area contributed by atoms with Crippen LogP contribution in [0.5, 0.6) is 0 Å². The number of rotatable bonds is 6. The fourth-order valence-electron chi connectivity index (χ4n) is 2.79. The quantitative estimate of drug-likeness (QED) is 0.869. The average Bonchev–Trinajstić information content (AvgIpc) is 2.45. The first-order chi connectivity index (χ1) is 9.77. The number of carbonyl (C=O) groups is 1. The van der Waals surface area contributed by atoms with Crippen LogP contribution >= 0.6 is 0 Å². The van der Waals surface area contributed by atoms with E-state index in [4.69, 9.17) is 0 Å². The van der Waals surface area contributed by atoms with Crippen molar-refractivity contribution in [3.8, 4) is 0 Å². The normalized spacial score (nSPS) is 15.9. The van der Waals surface area contributed by atoms with Crippen LogP contribution in [0.3, 0.4) is 0 Å².